The lowest BCUT2D eigenvalue weighted by molar-refractivity contribution is 0.0537. The smallest absolute Gasteiger partial charge is 0.274 e. The first kappa shape index (κ1) is 15.0. The van der Waals surface area contributed by atoms with Crippen LogP contribution >= 0.6 is 0 Å². The fraction of sp³-hybridized carbons (Fsp3) is 0.0714. The molecule has 0 saturated heterocycles. The molecule has 2 N–H and O–H groups in total. The summed E-state index contributed by atoms with van der Waals surface area (Å²) in [4.78, 5) is 16.3. The van der Waals surface area contributed by atoms with E-state index in [9.17, 15) is 13.2 Å². The summed E-state index contributed by atoms with van der Waals surface area (Å²) < 4.78 is 26.8. The van der Waals surface area contributed by atoms with E-state index in [0.717, 1.165) is 0 Å². The molecule has 0 fully saturated rings. The van der Waals surface area contributed by atoms with Gasteiger partial charge in [-0.05, 0) is 30.3 Å². The molecule has 2 aromatic rings. The standard InChI is InChI=1S/C14H14N2O4S/c1-20-15-14(17)11-6-5-7-12(10-11)16-21(18,19)13-8-3-2-4-9-13/h2-10,16H,1H3,(H,15,17). The minimum absolute atomic E-state index is 0.150. The predicted octanol–water partition coefficient (Wildman–Crippen LogP) is 1.78. The van der Waals surface area contributed by atoms with Crippen LogP contribution < -0.4 is 10.2 Å². The summed E-state index contributed by atoms with van der Waals surface area (Å²) in [7, 11) is -2.36. The molecule has 0 heterocycles. The van der Waals surface area contributed by atoms with Crippen LogP contribution in [0, 0.1) is 0 Å². The lowest BCUT2D eigenvalue weighted by atomic mass is 10.2. The Balaban J connectivity index is 2.24. The number of benzene rings is 2. The van der Waals surface area contributed by atoms with Crippen LogP contribution in [0.15, 0.2) is 59.5 Å². The number of hydrogen-bond donors (Lipinski definition) is 2. The van der Waals surface area contributed by atoms with Crippen molar-refractivity contribution in [2.75, 3.05) is 11.8 Å². The maximum Gasteiger partial charge on any atom is 0.274 e. The molecule has 0 radical (unpaired) electrons. The van der Waals surface area contributed by atoms with Gasteiger partial charge in [0.25, 0.3) is 15.9 Å². The van der Waals surface area contributed by atoms with E-state index in [1.807, 2.05) is 0 Å². The largest absolute Gasteiger partial charge is 0.280 e. The lowest BCUT2D eigenvalue weighted by Crippen LogP contribution is -2.22. The van der Waals surface area contributed by atoms with Crippen molar-refractivity contribution in [2.45, 2.75) is 4.90 Å². The fourth-order valence-electron chi connectivity index (χ4n) is 1.69. The second-order valence-electron chi connectivity index (χ2n) is 4.13. The number of amides is 1. The number of hydroxylamine groups is 1. The quantitative estimate of drug-likeness (QED) is 0.825. The monoisotopic (exact) mass is 306 g/mol. The van der Waals surface area contributed by atoms with Crippen LogP contribution in [0.5, 0.6) is 0 Å². The van der Waals surface area contributed by atoms with Crippen LogP contribution in [0.2, 0.25) is 0 Å². The molecule has 0 aromatic heterocycles. The fourth-order valence-corrected chi connectivity index (χ4v) is 2.76. The zero-order valence-corrected chi connectivity index (χ0v) is 12.1. The van der Waals surface area contributed by atoms with Crippen LogP contribution in [0.4, 0.5) is 5.69 Å². The Kier molecular flexibility index (Phi) is 4.56. The summed E-state index contributed by atoms with van der Waals surface area (Å²) in [5, 5.41) is 0. The molecule has 6 nitrogen and oxygen atoms in total. The molecule has 1 amide bonds. The molecular weight excluding hydrogens is 292 g/mol. The molecule has 2 rings (SSSR count). The van der Waals surface area contributed by atoms with E-state index in [-0.39, 0.29) is 10.5 Å². The van der Waals surface area contributed by atoms with Gasteiger partial charge in [0.2, 0.25) is 0 Å². The van der Waals surface area contributed by atoms with Crippen molar-refractivity contribution in [3.63, 3.8) is 0 Å². The first-order chi connectivity index (χ1) is 10.0. The summed E-state index contributed by atoms with van der Waals surface area (Å²) in [5.74, 6) is -0.460. The third-order valence-corrected chi connectivity index (χ3v) is 4.02. The van der Waals surface area contributed by atoms with Crippen molar-refractivity contribution in [3.8, 4) is 0 Å². The van der Waals surface area contributed by atoms with E-state index in [4.69, 9.17) is 0 Å². The highest BCUT2D eigenvalue weighted by Gasteiger charge is 2.14. The van der Waals surface area contributed by atoms with Crippen LogP contribution in [-0.4, -0.2) is 21.4 Å². The van der Waals surface area contributed by atoms with Gasteiger partial charge in [0, 0.05) is 11.3 Å². The molecule has 0 bridgehead atoms. The molecule has 0 unspecified atom stereocenters. The number of nitrogens with one attached hydrogen (secondary N) is 2. The van der Waals surface area contributed by atoms with Crippen LogP contribution in [-0.2, 0) is 14.9 Å². The third-order valence-electron chi connectivity index (χ3n) is 2.63. The van der Waals surface area contributed by atoms with E-state index in [0.29, 0.717) is 5.69 Å². The first-order valence-electron chi connectivity index (χ1n) is 6.04. The molecule has 0 atom stereocenters. The Morgan fingerprint density at radius 2 is 1.76 bits per heavy atom. The van der Waals surface area contributed by atoms with E-state index in [2.05, 4.69) is 15.0 Å². The Morgan fingerprint density at radius 1 is 1.05 bits per heavy atom. The second-order valence-corrected chi connectivity index (χ2v) is 5.82. The summed E-state index contributed by atoms with van der Waals surface area (Å²) in [5.41, 5.74) is 2.74. The van der Waals surface area contributed by atoms with Crippen molar-refractivity contribution < 1.29 is 18.0 Å². The van der Waals surface area contributed by atoms with Crippen molar-refractivity contribution in [1.29, 1.82) is 0 Å². The number of hydrogen-bond acceptors (Lipinski definition) is 4. The first-order valence-corrected chi connectivity index (χ1v) is 7.52. The topological polar surface area (TPSA) is 84.5 Å². The number of anilines is 1. The number of carbonyl (C=O) groups excluding carboxylic acids is 1. The van der Waals surface area contributed by atoms with Crippen molar-refractivity contribution in [3.05, 3.63) is 60.2 Å². The minimum atomic E-state index is -3.68. The normalized spacial score (nSPS) is 10.9. The summed E-state index contributed by atoms with van der Waals surface area (Å²) >= 11 is 0. The Bertz CT molecular complexity index is 730. The van der Waals surface area contributed by atoms with Gasteiger partial charge in [0.05, 0.1) is 12.0 Å². The Labute approximate surface area is 122 Å². The highest BCUT2D eigenvalue weighted by atomic mass is 32.2. The van der Waals surface area contributed by atoms with Crippen molar-refractivity contribution in [1.82, 2.24) is 5.48 Å². The van der Waals surface area contributed by atoms with Crippen LogP contribution in [0.25, 0.3) is 0 Å². The average Bonchev–Trinajstić information content (AvgIpc) is 2.48. The molecule has 2 aromatic carbocycles. The van der Waals surface area contributed by atoms with Crippen molar-refractivity contribution >= 4 is 21.6 Å². The maximum absolute atomic E-state index is 12.2. The van der Waals surface area contributed by atoms with Gasteiger partial charge >= 0.3 is 0 Å². The van der Waals surface area contributed by atoms with Gasteiger partial charge in [0.1, 0.15) is 0 Å². The summed E-state index contributed by atoms with van der Waals surface area (Å²) in [6.07, 6.45) is 0. The molecule has 0 saturated carbocycles. The number of sulfonamides is 1. The molecule has 7 heteroatoms. The predicted molar refractivity (Wildman–Crippen MR) is 78.2 cm³/mol. The zero-order chi connectivity index (χ0) is 15.3. The minimum Gasteiger partial charge on any atom is -0.280 e. The van der Waals surface area contributed by atoms with E-state index in [1.54, 1.807) is 36.4 Å². The Hall–Kier alpha value is -2.38. The molecule has 0 aliphatic carbocycles. The van der Waals surface area contributed by atoms with E-state index < -0.39 is 15.9 Å². The molecule has 21 heavy (non-hydrogen) atoms. The lowest BCUT2D eigenvalue weighted by Gasteiger charge is -2.09. The highest BCUT2D eigenvalue weighted by molar-refractivity contribution is 7.92. The molecule has 0 aliphatic rings. The molecule has 0 aliphatic heterocycles. The van der Waals surface area contributed by atoms with Gasteiger partial charge in [-0.1, -0.05) is 24.3 Å². The van der Waals surface area contributed by atoms with Gasteiger partial charge in [-0.3, -0.25) is 14.4 Å². The van der Waals surface area contributed by atoms with E-state index in [1.165, 1.54) is 25.3 Å². The van der Waals surface area contributed by atoms with Gasteiger partial charge in [-0.25, -0.2) is 13.9 Å². The number of carbonyl (C=O) groups is 1. The number of rotatable bonds is 5. The third kappa shape index (κ3) is 3.80. The average molecular weight is 306 g/mol. The SMILES string of the molecule is CONC(=O)c1cccc(NS(=O)(=O)c2ccccc2)c1. The van der Waals surface area contributed by atoms with Crippen LogP contribution in [0.3, 0.4) is 0 Å². The second kappa shape index (κ2) is 6.38. The van der Waals surface area contributed by atoms with E-state index >= 15 is 0 Å². The Morgan fingerprint density at radius 3 is 2.43 bits per heavy atom. The molecule has 110 valence electrons. The summed E-state index contributed by atoms with van der Waals surface area (Å²) in [6, 6.07) is 14.1. The van der Waals surface area contributed by atoms with Crippen molar-refractivity contribution in [2.24, 2.45) is 0 Å². The zero-order valence-electron chi connectivity index (χ0n) is 11.2. The highest BCUT2D eigenvalue weighted by Crippen LogP contribution is 2.17. The van der Waals surface area contributed by atoms with Gasteiger partial charge < -0.3 is 0 Å². The van der Waals surface area contributed by atoms with Crippen LogP contribution in [0.1, 0.15) is 10.4 Å². The van der Waals surface area contributed by atoms with Gasteiger partial charge in [-0.2, -0.15) is 0 Å². The molecular formula is C14H14N2O4S. The summed E-state index contributed by atoms with van der Waals surface area (Å²) in [6.45, 7) is 0. The van der Waals surface area contributed by atoms with Gasteiger partial charge in [0.15, 0.2) is 0 Å². The maximum atomic E-state index is 12.2. The molecule has 0 spiro atoms. The van der Waals surface area contributed by atoms with Gasteiger partial charge in [-0.15, -0.1) is 0 Å².